The predicted molar refractivity (Wildman–Crippen MR) is 87.6 cm³/mol. The van der Waals surface area contributed by atoms with Crippen molar-refractivity contribution in [1.82, 2.24) is 14.9 Å². The van der Waals surface area contributed by atoms with E-state index in [1.54, 1.807) is 18.2 Å². The number of hydrogen-bond donors (Lipinski definition) is 1. The minimum Gasteiger partial charge on any atom is -0.494 e. The van der Waals surface area contributed by atoms with Gasteiger partial charge >= 0.3 is 0 Å². The largest absolute Gasteiger partial charge is 0.494 e. The zero-order valence-electron chi connectivity index (χ0n) is 13.6. The maximum atomic E-state index is 13.9. The summed E-state index contributed by atoms with van der Waals surface area (Å²) in [5, 5.41) is 0. The van der Waals surface area contributed by atoms with Gasteiger partial charge in [0.05, 0.1) is 12.8 Å². The minimum absolute atomic E-state index is 0.0879. The van der Waals surface area contributed by atoms with Crippen molar-refractivity contribution in [3.05, 3.63) is 57.0 Å². The van der Waals surface area contributed by atoms with Gasteiger partial charge in [-0.3, -0.25) is 9.69 Å². The molecule has 0 unspecified atom stereocenters. The number of nitrogens with zero attached hydrogens (tertiary/aromatic N) is 2. The molecule has 2 aromatic rings. The molecule has 2 heterocycles. The molecule has 0 bridgehead atoms. The Labute approximate surface area is 139 Å². The highest BCUT2D eigenvalue weighted by Crippen LogP contribution is 2.37. The molecular weight excluding hydrogens is 309 g/mol. The minimum atomic E-state index is -0.330. The number of aromatic amines is 1. The number of aromatic nitrogens is 2. The van der Waals surface area contributed by atoms with Crippen molar-refractivity contribution in [2.24, 2.45) is 0 Å². The molecule has 1 saturated carbocycles. The SMILES string of the molecule is COc1cc2c(cc1F)CN(Cc1cc(=O)[nH]c(C3CC3)n1)CC2. The first kappa shape index (κ1) is 15.3. The van der Waals surface area contributed by atoms with E-state index < -0.39 is 0 Å². The van der Waals surface area contributed by atoms with Crippen LogP contribution in [0.1, 0.15) is 41.4 Å². The number of nitrogens with one attached hydrogen (secondary N) is 1. The van der Waals surface area contributed by atoms with Crippen LogP contribution in [0.4, 0.5) is 4.39 Å². The second kappa shape index (κ2) is 6.02. The number of H-pyrrole nitrogens is 1. The molecule has 1 aromatic carbocycles. The van der Waals surface area contributed by atoms with Gasteiger partial charge in [-0.1, -0.05) is 0 Å². The van der Waals surface area contributed by atoms with Gasteiger partial charge in [-0.15, -0.1) is 0 Å². The zero-order valence-corrected chi connectivity index (χ0v) is 13.6. The zero-order chi connectivity index (χ0) is 16.7. The highest BCUT2D eigenvalue weighted by atomic mass is 19.1. The summed E-state index contributed by atoms with van der Waals surface area (Å²) >= 11 is 0. The molecule has 24 heavy (non-hydrogen) atoms. The lowest BCUT2D eigenvalue weighted by Crippen LogP contribution is -2.31. The standard InChI is InChI=1S/C18H20FN3O2/c1-24-16-7-12-4-5-22(9-13(12)6-15(16)19)10-14-8-17(23)21-18(20-14)11-2-3-11/h6-8,11H,2-5,9-10H2,1H3,(H,20,21,23). The van der Waals surface area contributed by atoms with Crippen LogP contribution in [0.2, 0.25) is 0 Å². The molecule has 1 aliphatic heterocycles. The van der Waals surface area contributed by atoms with Crippen LogP contribution in [0.25, 0.3) is 0 Å². The van der Waals surface area contributed by atoms with Crippen LogP contribution in [0.3, 0.4) is 0 Å². The molecule has 1 fully saturated rings. The maximum absolute atomic E-state index is 13.9. The summed E-state index contributed by atoms with van der Waals surface area (Å²) in [6.07, 6.45) is 3.04. The van der Waals surface area contributed by atoms with Crippen LogP contribution in [-0.4, -0.2) is 28.5 Å². The predicted octanol–water partition coefficient (Wildman–Crippen LogP) is 2.35. The van der Waals surface area contributed by atoms with Crippen LogP contribution in [0.15, 0.2) is 23.0 Å². The molecule has 0 saturated heterocycles. The topological polar surface area (TPSA) is 58.2 Å². The van der Waals surface area contributed by atoms with E-state index >= 15 is 0 Å². The molecule has 0 amide bonds. The summed E-state index contributed by atoms with van der Waals surface area (Å²) in [5.41, 5.74) is 2.81. The van der Waals surface area contributed by atoms with E-state index in [2.05, 4.69) is 14.9 Å². The Morgan fingerprint density at radius 1 is 1.33 bits per heavy atom. The first-order valence-corrected chi connectivity index (χ1v) is 8.30. The average molecular weight is 329 g/mol. The summed E-state index contributed by atoms with van der Waals surface area (Å²) in [7, 11) is 1.48. The second-order valence-electron chi connectivity index (χ2n) is 6.61. The van der Waals surface area contributed by atoms with E-state index in [-0.39, 0.29) is 11.4 Å². The lowest BCUT2D eigenvalue weighted by Gasteiger charge is -2.28. The third-order valence-corrected chi connectivity index (χ3v) is 4.73. The second-order valence-corrected chi connectivity index (χ2v) is 6.61. The number of fused-ring (bicyclic) bond motifs is 1. The van der Waals surface area contributed by atoms with E-state index in [1.165, 1.54) is 7.11 Å². The van der Waals surface area contributed by atoms with Crippen molar-refractivity contribution in [1.29, 1.82) is 0 Å². The summed E-state index contributed by atoms with van der Waals surface area (Å²) in [6, 6.07) is 4.91. The lowest BCUT2D eigenvalue weighted by atomic mass is 9.99. The van der Waals surface area contributed by atoms with Gasteiger partial charge in [-0.2, -0.15) is 0 Å². The smallest absolute Gasteiger partial charge is 0.251 e. The molecule has 0 spiro atoms. The van der Waals surface area contributed by atoms with Gasteiger partial charge in [-0.25, -0.2) is 9.37 Å². The molecule has 1 aromatic heterocycles. The van der Waals surface area contributed by atoms with Gasteiger partial charge in [0.1, 0.15) is 5.82 Å². The Morgan fingerprint density at radius 3 is 2.92 bits per heavy atom. The Morgan fingerprint density at radius 2 is 2.17 bits per heavy atom. The molecule has 126 valence electrons. The summed E-state index contributed by atoms with van der Waals surface area (Å²) in [5.74, 6) is 1.20. The maximum Gasteiger partial charge on any atom is 0.251 e. The van der Waals surface area contributed by atoms with Crippen LogP contribution in [-0.2, 0) is 19.5 Å². The number of ether oxygens (including phenoxy) is 1. The van der Waals surface area contributed by atoms with Gasteiger partial charge in [0, 0.05) is 31.6 Å². The molecule has 0 radical (unpaired) electrons. The first-order chi connectivity index (χ1) is 11.6. The quantitative estimate of drug-likeness (QED) is 0.935. The van der Waals surface area contributed by atoms with Crippen molar-refractivity contribution in [3.8, 4) is 5.75 Å². The van der Waals surface area contributed by atoms with Crippen molar-refractivity contribution in [2.75, 3.05) is 13.7 Å². The van der Waals surface area contributed by atoms with Gasteiger partial charge < -0.3 is 9.72 Å². The van der Waals surface area contributed by atoms with E-state index in [0.717, 1.165) is 48.5 Å². The van der Waals surface area contributed by atoms with E-state index in [4.69, 9.17) is 4.74 Å². The highest BCUT2D eigenvalue weighted by molar-refractivity contribution is 5.38. The molecular formula is C18H20FN3O2. The van der Waals surface area contributed by atoms with E-state index in [1.807, 2.05) is 0 Å². The van der Waals surface area contributed by atoms with Crippen LogP contribution >= 0.6 is 0 Å². The normalized spacial score (nSPS) is 17.6. The fraction of sp³-hybridized carbons (Fsp3) is 0.444. The average Bonchev–Trinajstić information content (AvgIpc) is 3.38. The molecule has 1 aliphatic carbocycles. The molecule has 6 heteroatoms. The van der Waals surface area contributed by atoms with Gasteiger partial charge in [-0.05, 0) is 42.5 Å². The number of halogens is 1. The van der Waals surface area contributed by atoms with Crippen LogP contribution in [0, 0.1) is 5.82 Å². The number of benzene rings is 1. The van der Waals surface area contributed by atoms with Crippen molar-refractivity contribution in [2.45, 2.75) is 38.3 Å². The van der Waals surface area contributed by atoms with E-state index in [9.17, 15) is 9.18 Å². The third-order valence-electron chi connectivity index (χ3n) is 4.73. The van der Waals surface area contributed by atoms with Gasteiger partial charge in [0.25, 0.3) is 5.56 Å². The summed E-state index contributed by atoms with van der Waals surface area (Å²) < 4.78 is 19.0. The Balaban J connectivity index is 1.53. The van der Waals surface area contributed by atoms with Crippen molar-refractivity contribution >= 4 is 0 Å². The van der Waals surface area contributed by atoms with Crippen molar-refractivity contribution < 1.29 is 9.13 Å². The third kappa shape index (κ3) is 3.06. The van der Waals surface area contributed by atoms with Gasteiger partial charge in [0.2, 0.25) is 0 Å². The number of hydrogen-bond acceptors (Lipinski definition) is 4. The fourth-order valence-electron chi connectivity index (χ4n) is 3.30. The highest BCUT2D eigenvalue weighted by Gasteiger charge is 2.27. The number of rotatable bonds is 4. The lowest BCUT2D eigenvalue weighted by molar-refractivity contribution is 0.241. The fourth-order valence-corrected chi connectivity index (χ4v) is 3.30. The Kier molecular flexibility index (Phi) is 3.84. The Bertz CT molecular complexity index is 829. The van der Waals surface area contributed by atoms with Gasteiger partial charge in [0.15, 0.2) is 11.6 Å². The molecule has 1 N–H and O–H groups in total. The molecule has 2 aliphatic rings. The molecule has 4 rings (SSSR count). The first-order valence-electron chi connectivity index (χ1n) is 8.30. The van der Waals surface area contributed by atoms with Crippen LogP contribution in [0.5, 0.6) is 5.75 Å². The van der Waals surface area contributed by atoms with E-state index in [0.29, 0.717) is 24.8 Å². The molecule has 0 atom stereocenters. The van der Waals surface area contributed by atoms with Crippen molar-refractivity contribution in [3.63, 3.8) is 0 Å². The summed E-state index contributed by atoms with van der Waals surface area (Å²) in [4.78, 5) is 21.5. The molecule has 5 nitrogen and oxygen atoms in total. The Hall–Kier alpha value is -2.21. The summed E-state index contributed by atoms with van der Waals surface area (Å²) in [6.45, 7) is 2.12. The monoisotopic (exact) mass is 329 g/mol. The number of methoxy groups -OCH3 is 1. The van der Waals surface area contributed by atoms with Crippen LogP contribution < -0.4 is 10.3 Å².